The molecule has 2 N–H and O–H groups in total. The van der Waals surface area contributed by atoms with E-state index >= 15 is 0 Å². The monoisotopic (exact) mass is 314 g/mol. The van der Waals surface area contributed by atoms with E-state index in [-0.39, 0.29) is 24.2 Å². The summed E-state index contributed by atoms with van der Waals surface area (Å²) in [4.78, 5) is 30.7. The summed E-state index contributed by atoms with van der Waals surface area (Å²) >= 11 is 0. The SMILES string of the molecule is CNCCN(C)C(=O)c1c[nH]c(C(=O)N2CCCC2)c1.Cl. The molecule has 1 aliphatic rings. The number of carbonyl (C=O) groups excluding carboxylic acids is 2. The zero-order chi connectivity index (χ0) is 14.5. The average molecular weight is 315 g/mol. The zero-order valence-corrected chi connectivity index (χ0v) is 13.3. The number of aromatic amines is 1. The van der Waals surface area contributed by atoms with Crippen LogP contribution in [0.5, 0.6) is 0 Å². The van der Waals surface area contributed by atoms with Crippen LogP contribution in [0, 0.1) is 0 Å². The molecular weight excluding hydrogens is 292 g/mol. The number of likely N-dealkylation sites (N-methyl/N-ethyl adjacent to an activating group) is 2. The Bertz CT molecular complexity index is 483. The van der Waals surface area contributed by atoms with Gasteiger partial charge < -0.3 is 20.1 Å². The molecule has 0 radical (unpaired) electrons. The van der Waals surface area contributed by atoms with E-state index in [1.54, 1.807) is 24.2 Å². The van der Waals surface area contributed by atoms with Crippen molar-refractivity contribution < 1.29 is 9.59 Å². The van der Waals surface area contributed by atoms with Crippen molar-refractivity contribution in [2.24, 2.45) is 0 Å². The standard InChI is InChI=1S/C14H22N4O2.ClH/c1-15-5-8-17(2)13(19)11-9-12(16-10-11)14(20)18-6-3-4-7-18;/h9-10,15-16H,3-8H2,1-2H3;1H. The van der Waals surface area contributed by atoms with Gasteiger partial charge in [-0.25, -0.2) is 0 Å². The lowest BCUT2D eigenvalue weighted by Crippen LogP contribution is -2.32. The Morgan fingerprint density at radius 2 is 2.05 bits per heavy atom. The molecule has 1 aromatic rings. The Morgan fingerprint density at radius 1 is 1.38 bits per heavy atom. The largest absolute Gasteiger partial charge is 0.356 e. The van der Waals surface area contributed by atoms with E-state index in [9.17, 15) is 9.59 Å². The van der Waals surface area contributed by atoms with Crippen molar-refractivity contribution in [1.29, 1.82) is 0 Å². The van der Waals surface area contributed by atoms with Crippen molar-refractivity contribution in [3.05, 3.63) is 23.5 Å². The minimum Gasteiger partial charge on any atom is -0.356 e. The summed E-state index contributed by atoms with van der Waals surface area (Å²) in [6.07, 6.45) is 3.73. The molecule has 1 saturated heterocycles. The summed E-state index contributed by atoms with van der Waals surface area (Å²) in [5.41, 5.74) is 1.03. The van der Waals surface area contributed by atoms with Crippen molar-refractivity contribution in [1.82, 2.24) is 20.1 Å². The van der Waals surface area contributed by atoms with Gasteiger partial charge in [0.2, 0.25) is 0 Å². The van der Waals surface area contributed by atoms with E-state index in [0.29, 0.717) is 17.8 Å². The molecule has 0 unspecified atom stereocenters. The molecule has 0 atom stereocenters. The second-order valence-corrected chi connectivity index (χ2v) is 5.13. The molecule has 1 aliphatic heterocycles. The third-order valence-corrected chi connectivity index (χ3v) is 3.60. The number of amides is 2. The molecule has 0 aliphatic carbocycles. The maximum absolute atomic E-state index is 12.2. The summed E-state index contributed by atoms with van der Waals surface area (Å²) < 4.78 is 0. The Kier molecular flexibility index (Phi) is 6.71. The molecule has 0 aromatic carbocycles. The van der Waals surface area contributed by atoms with Crippen LogP contribution in [0.15, 0.2) is 12.3 Å². The van der Waals surface area contributed by atoms with E-state index in [2.05, 4.69) is 10.3 Å². The molecule has 21 heavy (non-hydrogen) atoms. The highest BCUT2D eigenvalue weighted by molar-refractivity contribution is 5.99. The van der Waals surface area contributed by atoms with E-state index in [1.165, 1.54) is 0 Å². The zero-order valence-electron chi connectivity index (χ0n) is 12.5. The van der Waals surface area contributed by atoms with Gasteiger partial charge in [0.05, 0.1) is 5.56 Å². The topological polar surface area (TPSA) is 68.4 Å². The third-order valence-electron chi connectivity index (χ3n) is 3.60. The van der Waals surface area contributed by atoms with Crippen LogP contribution in [-0.4, -0.2) is 66.9 Å². The Hall–Kier alpha value is -1.53. The second-order valence-electron chi connectivity index (χ2n) is 5.13. The lowest BCUT2D eigenvalue weighted by Gasteiger charge is -2.16. The number of hydrogen-bond donors (Lipinski definition) is 2. The fourth-order valence-corrected chi connectivity index (χ4v) is 2.33. The van der Waals surface area contributed by atoms with Crippen molar-refractivity contribution >= 4 is 24.2 Å². The molecule has 1 fully saturated rings. The van der Waals surface area contributed by atoms with Crippen molar-refractivity contribution in [3.63, 3.8) is 0 Å². The molecular formula is C14H23ClN4O2. The van der Waals surface area contributed by atoms with Crippen molar-refractivity contribution in [2.75, 3.05) is 40.3 Å². The minimum atomic E-state index is -0.0722. The van der Waals surface area contributed by atoms with E-state index in [4.69, 9.17) is 0 Å². The van der Waals surface area contributed by atoms with Gasteiger partial charge in [0.1, 0.15) is 5.69 Å². The summed E-state index contributed by atoms with van der Waals surface area (Å²) in [5.74, 6) is -0.0867. The Morgan fingerprint density at radius 3 is 2.67 bits per heavy atom. The van der Waals surface area contributed by atoms with Crippen LogP contribution < -0.4 is 5.32 Å². The Labute approximate surface area is 131 Å². The minimum absolute atomic E-state index is 0. The van der Waals surface area contributed by atoms with Gasteiger partial charge in [0.25, 0.3) is 11.8 Å². The number of nitrogens with zero attached hydrogens (tertiary/aromatic N) is 2. The molecule has 2 heterocycles. The van der Waals surface area contributed by atoms with Crippen LogP contribution in [0.25, 0.3) is 0 Å². The normalized spacial score (nSPS) is 13.9. The van der Waals surface area contributed by atoms with Gasteiger partial charge in [-0.1, -0.05) is 0 Å². The van der Waals surface area contributed by atoms with Crippen LogP contribution in [0.3, 0.4) is 0 Å². The fourth-order valence-electron chi connectivity index (χ4n) is 2.33. The van der Waals surface area contributed by atoms with Crippen molar-refractivity contribution in [2.45, 2.75) is 12.8 Å². The van der Waals surface area contributed by atoms with Crippen LogP contribution in [0.2, 0.25) is 0 Å². The number of likely N-dealkylation sites (tertiary alicyclic amines) is 1. The number of aromatic nitrogens is 1. The molecule has 2 amide bonds. The van der Waals surface area contributed by atoms with Gasteiger partial charge in [0.15, 0.2) is 0 Å². The first kappa shape index (κ1) is 17.5. The van der Waals surface area contributed by atoms with Gasteiger partial charge >= 0.3 is 0 Å². The number of nitrogens with one attached hydrogen (secondary N) is 2. The smallest absolute Gasteiger partial charge is 0.270 e. The van der Waals surface area contributed by atoms with Gasteiger partial charge in [-0.15, -0.1) is 12.4 Å². The van der Waals surface area contributed by atoms with Crippen LogP contribution >= 0.6 is 12.4 Å². The van der Waals surface area contributed by atoms with Gasteiger partial charge in [-0.05, 0) is 26.0 Å². The predicted molar refractivity (Wildman–Crippen MR) is 84.1 cm³/mol. The maximum Gasteiger partial charge on any atom is 0.270 e. The molecule has 0 bridgehead atoms. The average Bonchev–Trinajstić information content (AvgIpc) is 3.13. The number of hydrogen-bond acceptors (Lipinski definition) is 3. The molecule has 0 spiro atoms. The van der Waals surface area contributed by atoms with E-state index in [1.807, 2.05) is 11.9 Å². The first-order valence-corrected chi connectivity index (χ1v) is 7.01. The highest BCUT2D eigenvalue weighted by atomic mass is 35.5. The number of carbonyl (C=O) groups is 2. The van der Waals surface area contributed by atoms with Crippen LogP contribution in [-0.2, 0) is 0 Å². The van der Waals surface area contributed by atoms with Crippen LogP contribution in [0.4, 0.5) is 0 Å². The number of halogens is 1. The lowest BCUT2D eigenvalue weighted by molar-refractivity contribution is 0.0787. The van der Waals surface area contributed by atoms with Gasteiger partial charge in [0, 0.05) is 39.4 Å². The molecule has 0 saturated carbocycles. The Balaban J connectivity index is 0.00000220. The quantitative estimate of drug-likeness (QED) is 0.851. The first-order chi connectivity index (χ1) is 9.63. The third kappa shape index (κ3) is 4.22. The lowest BCUT2D eigenvalue weighted by atomic mass is 10.2. The van der Waals surface area contributed by atoms with E-state index < -0.39 is 0 Å². The van der Waals surface area contributed by atoms with E-state index in [0.717, 1.165) is 32.5 Å². The highest BCUT2D eigenvalue weighted by Gasteiger charge is 2.22. The highest BCUT2D eigenvalue weighted by Crippen LogP contribution is 2.14. The van der Waals surface area contributed by atoms with Crippen molar-refractivity contribution in [3.8, 4) is 0 Å². The molecule has 6 nitrogen and oxygen atoms in total. The second kappa shape index (κ2) is 8.05. The summed E-state index contributed by atoms with van der Waals surface area (Å²) in [6.45, 7) is 2.99. The predicted octanol–water partition coefficient (Wildman–Crippen LogP) is 0.964. The summed E-state index contributed by atoms with van der Waals surface area (Å²) in [5, 5.41) is 3.00. The van der Waals surface area contributed by atoms with Gasteiger partial charge in [-0.3, -0.25) is 9.59 Å². The fraction of sp³-hybridized carbons (Fsp3) is 0.571. The molecule has 7 heteroatoms. The number of rotatable bonds is 5. The maximum atomic E-state index is 12.2. The molecule has 2 rings (SSSR count). The van der Waals surface area contributed by atoms with Gasteiger partial charge in [-0.2, -0.15) is 0 Å². The molecule has 118 valence electrons. The molecule has 1 aromatic heterocycles. The van der Waals surface area contributed by atoms with Crippen LogP contribution in [0.1, 0.15) is 33.7 Å². The summed E-state index contributed by atoms with van der Waals surface area (Å²) in [6, 6.07) is 1.65. The first-order valence-electron chi connectivity index (χ1n) is 7.01. The summed E-state index contributed by atoms with van der Waals surface area (Å²) in [7, 11) is 3.61. The number of H-pyrrole nitrogens is 1.